The molecule has 0 amide bonds. The van der Waals surface area contributed by atoms with Crippen LogP contribution in [0, 0.1) is 0 Å². The highest BCUT2D eigenvalue weighted by Gasteiger charge is 2.32. The first-order chi connectivity index (χ1) is 16.8. The maximum atomic E-state index is 13.1. The van der Waals surface area contributed by atoms with Gasteiger partial charge in [0, 0.05) is 23.7 Å². The molecule has 0 saturated heterocycles. The van der Waals surface area contributed by atoms with Gasteiger partial charge in [0.05, 0.1) is 18.8 Å². The number of phenolic OH excluding ortho intramolecular Hbond substituents is 1. The number of aromatic hydroxyl groups is 1. The molecule has 0 aromatic heterocycles. The van der Waals surface area contributed by atoms with Gasteiger partial charge in [-0.05, 0) is 67.4 Å². The molecule has 1 aliphatic heterocycles. The van der Waals surface area contributed by atoms with Gasteiger partial charge in [-0.3, -0.25) is 10.3 Å². The van der Waals surface area contributed by atoms with E-state index in [1.165, 1.54) is 12.1 Å². The number of nitrogens with one attached hydrogen (secondary N) is 1. The molecule has 8 heteroatoms. The van der Waals surface area contributed by atoms with Gasteiger partial charge in [-0.15, -0.1) is 0 Å². The monoisotopic (exact) mass is 484 g/mol. The summed E-state index contributed by atoms with van der Waals surface area (Å²) in [4.78, 5) is 4.82. The number of halogens is 3. The van der Waals surface area contributed by atoms with E-state index in [0.29, 0.717) is 36.5 Å². The first kappa shape index (κ1) is 24.6. The number of aliphatic imine (C=N–C) groups is 1. The molecule has 0 saturated carbocycles. The molecular formula is C27H27F3N2O3. The fraction of sp³-hybridized carbons (Fsp3) is 0.296. The van der Waals surface area contributed by atoms with Gasteiger partial charge in [0.15, 0.2) is 11.5 Å². The van der Waals surface area contributed by atoms with Gasteiger partial charge < -0.3 is 14.6 Å². The van der Waals surface area contributed by atoms with Crippen molar-refractivity contribution in [3.05, 3.63) is 89.0 Å². The zero-order valence-corrected chi connectivity index (χ0v) is 19.5. The minimum atomic E-state index is -4.41. The molecule has 1 aliphatic rings. The lowest BCUT2D eigenvalue weighted by molar-refractivity contribution is -0.137. The van der Waals surface area contributed by atoms with Crippen LogP contribution in [-0.4, -0.2) is 24.0 Å². The zero-order valence-electron chi connectivity index (χ0n) is 19.5. The molecule has 1 heterocycles. The van der Waals surface area contributed by atoms with E-state index >= 15 is 0 Å². The first-order valence-electron chi connectivity index (χ1n) is 11.5. The molecule has 3 aromatic rings. The number of rotatable bonds is 7. The Balaban J connectivity index is 1.72. The van der Waals surface area contributed by atoms with Crippen LogP contribution in [0.3, 0.4) is 0 Å². The number of benzene rings is 3. The quantitative estimate of drug-likeness (QED) is 0.406. The summed E-state index contributed by atoms with van der Waals surface area (Å²) in [6.07, 6.45) is -4.55. The van der Waals surface area contributed by atoms with Crippen LogP contribution in [0.2, 0.25) is 0 Å². The van der Waals surface area contributed by atoms with Crippen molar-refractivity contribution in [1.29, 1.82) is 0 Å². The molecular weight excluding hydrogens is 457 g/mol. The van der Waals surface area contributed by atoms with Gasteiger partial charge in [0.2, 0.25) is 0 Å². The Morgan fingerprint density at radius 3 is 2.26 bits per heavy atom. The van der Waals surface area contributed by atoms with Gasteiger partial charge in [0.1, 0.15) is 11.9 Å². The Morgan fingerprint density at radius 1 is 0.943 bits per heavy atom. The lowest BCUT2D eigenvalue weighted by Gasteiger charge is -2.31. The van der Waals surface area contributed by atoms with E-state index in [0.717, 1.165) is 29.2 Å². The second-order valence-corrected chi connectivity index (χ2v) is 8.11. The fourth-order valence-electron chi connectivity index (χ4n) is 4.11. The topological polar surface area (TPSA) is 63.1 Å². The molecule has 3 aromatic carbocycles. The Hall–Kier alpha value is -3.52. The number of alkyl halides is 3. The highest BCUT2D eigenvalue weighted by atomic mass is 19.4. The summed E-state index contributed by atoms with van der Waals surface area (Å²) in [5, 5.41) is 14.2. The highest BCUT2D eigenvalue weighted by Crippen LogP contribution is 2.39. The Morgan fingerprint density at radius 2 is 1.63 bits per heavy atom. The van der Waals surface area contributed by atoms with Crippen LogP contribution in [0.5, 0.6) is 17.2 Å². The van der Waals surface area contributed by atoms with Crippen LogP contribution in [0.1, 0.15) is 54.7 Å². The van der Waals surface area contributed by atoms with Crippen LogP contribution >= 0.6 is 0 Å². The van der Waals surface area contributed by atoms with Crippen LogP contribution in [0.25, 0.3) is 0 Å². The summed E-state index contributed by atoms with van der Waals surface area (Å²) >= 11 is 0. The third kappa shape index (κ3) is 5.59. The van der Waals surface area contributed by atoms with Gasteiger partial charge in [-0.25, -0.2) is 0 Å². The minimum Gasteiger partial charge on any atom is -0.504 e. The van der Waals surface area contributed by atoms with E-state index in [-0.39, 0.29) is 11.8 Å². The molecule has 5 nitrogen and oxygen atoms in total. The number of para-hydroxylation sites is 1. The zero-order chi connectivity index (χ0) is 25.0. The predicted molar refractivity (Wildman–Crippen MR) is 128 cm³/mol. The summed E-state index contributed by atoms with van der Waals surface area (Å²) < 4.78 is 50.3. The van der Waals surface area contributed by atoms with E-state index in [1.807, 2.05) is 38.1 Å². The Kier molecular flexibility index (Phi) is 7.31. The largest absolute Gasteiger partial charge is 0.504 e. The predicted octanol–water partition coefficient (Wildman–Crippen LogP) is 6.43. The second-order valence-electron chi connectivity index (χ2n) is 8.11. The van der Waals surface area contributed by atoms with Gasteiger partial charge in [-0.1, -0.05) is 24.3 Å². The summed E-state index contributed by atoms with van der Waals surface area (Å²) in [6, 6.07) is 17.5. The molecule has 0 spiro atoms. The number of nitrogens with zero attached hydrogens (tertiary/aromatic N) is 1. The van der Waals surface area contributed by atoms with Gasteiger partial charge >= 0.3 is 6.18 Å². The van der Waals surface area contributed by atoms with E-state index < -0.39 is 17.9 Å². The molecule has 0 bridgehead atoms. The molecule has 4 rings (SSSR count). The van der Waals surface area contributed by atoms with E-state index in [9.17, 15) is 18.3 Å². The fourth-order valence-corrected chi connectivity index (χ4v) is 4.11. The van der Waals surface area contributed by atoms with Crippen LogP contribution < -0.4 is 14.8 Å². The second kappa shape index (κ2) is 10.4. The van der Waals surface area contributed by atoms with Crippen molar-refractivity contribution >= 4 is 5.71 Å². The van der Waals surface area contributed by atoms with Crippen molar-refractivity contribution in [3.63, 3.8) is 0 Å². The van der Waals surface area contributed by atoms with E-state index in [1.54, 1.807) is 18.2 Å². The van der Waals surface area contributed by atoms with E-state index in [2.05, 4.69) is 5.32 Å². The van der Waals surface area contributed by atoms with Gasteiger partial charge in [-0.2, -0.15) is 13.2 Å². The highest BCUT2D eigenvalue weighted by molar-refractivity contribution is 6.01. The third-order valence-electron chi connectivity index (χ3n) is 5.80. The van der Waals surface area contributed by atoms with Crippen molar-refractivity contribution < 1.29 is 27.8 Å². The smallest absolute Gasteiger partial charge is 0.416 e. The van der Waals surface area contributed by atoms with Gasteiger partial charge in [0.25, 0.3) is 0 Å². The molecule has 0 fully saturated rings. The average molecular weight is 485 g/mol. The molecule has 2 N–H and O–H groups in total. The summed E-state index contributed by atoms with van der Waals surface area (Å²) in [5.41, 5.74) is 2.14. The number of ether oxygens (including phenoxy) is 2. The molecule has 0 aliphatic carbocycles. The van der Waals surface area contributed by atoms with Crippen LogP contribution in [-0.2, 0) is 6.18 Å². The van der Waals surface area contributed by atoms with Crippen LogP contribution in [0.4, 0.5) is 13.2 Å². The molecule has 184 valence electrons. The third-order valence-corrected chi connectivity index (χ3v) is 5.80. The lowest BCUT2D eigenvalue weighted by Crippen LogP contribution is -2.33. The minimum absolute atomic E-state index is 0.0333. The standard InChI is InChI=1S/C27H27F3N2O3/c1-3-34-20-14-10-17(11-15-20)22-16-23(21-6-5-7-24(25(21)33)35-4-2)32-26(31-22)18-8-12-19(13-9-18)27(28,29)30/h5-15,23,26,32-33H,3-4,16H2,1-2H3/t23-,26+/m1/s1. The summed E-state index contributed by atoms with van der Waals surface area (Å²) in [7, 11) is 0. The summed E-state index contributed by atoms with van der Waals surface area (Å²) in [5.74, 6) is 1.15. The Bertz CT molecular complexity index is 1180. The first-order valence-corrected chi connectivity index (χ1v) is 11.5. The maximum Gasteiger partial charge on any atom is 0.416 e. The molecule has 0 radical (unpaired) electrons. The van der Waals surface area contributed by atoms with Crippen molar-refractivity contribution in [2.24, 2.45) is 4.99 Å². The van der Waals surface area contributed by atoms with E-state index in [4.69, 9.17) is 14.5 Å². The average Bonchev–Trinajstić information content (AvgIpc) is 2.85. The van der Waals surface area contributed by atoms with Crippen molar-refractivity contribution in [1.82, 2.24) is 5.32 Å². The normalized spacial score (nSPS) is 18.1. The number of phenols is 1. The summed E-state index contributed by atoms with van der Waals surface area (Å²) in [6.45, 7) is 4.70. The molecule has 35 heavy (non-hydrogen) atoms. The van der Waals surface area contributed by atoms with Crippen LogP contribution in [0.15, 0.2) is 71.7 Å². The SMILES string of the molecule is CCOc1ccc(C2=N[C@H](c3ccc(C(F)(F)F)cc3)N[C@@H](c3cccc(OCC)c3O)C2)cc1. The molecule has 2 atom stereocenters. The van der Waals surface area contributed by atoms with Crippen molar-refractivity contribution in [2.75, 3.05) is 13.2 Å². The molecule has 0 unspecified atom stereocenters. The lowest BCUT2D eigenvalue weighted by atomic mass is 9.93. The van der Waals surface area contributed by atoms with Crippen molar-refractivity contribution in [3.8, 4) is 17.2 Å². The number of hydrogen-bond acceptors (Lipinski definition) is 5. The number of hydrogen-bond donors (Lipinski definition) is 2. The maximum absolute atomic E-state index is 13.1. The Labute approximate surface area is 202 Å². The van der Waals surface area contributed by atoms with Crippen molar-refractivity contribution in [2.45, 2.75) is 38.7 Å².